The second kappa shape index (κ2) is 13.7. The van der Waals surface area contributed by atoms with Crippen LogP contribution in [-0.2, 0) is 37.6 Å². The highest BCUT2D eigenvalue weighted by molar-refractivity contribution is 8.93. The van der Waals surface area contributed by atoms with Crippen molar-refractivity contribution in [2.45, 2.75) is 98.2 Å². The van der Waals surface area contributed by atoms with Crippen molar-refractivity contribution in [1.82, 2.24) is 9.88 Å². The van der Waals surface area contributed by atoms with Gasteiger partial charge in [0, 0.05) is 35.5 Å². The maximum absolute atomic E-state index is 13.4. The van der Waals surface area contributed by atoms with E-state index in [0.717, 1.165) is 48.3 Å². The third kappa shape index (κ3) is 8.61. The number of fused-ring (bicyclic) bond motifs is 1. The summed E-state index contributed by atoms with van der Waals surface area (Å²) in [4.78, 5) is 32.0. The molecular formula is C32H44BrN3O6. The maximum atomic E-state index is 13.4. The van der Waals surface area contributed by atoms with Gasteiger partial charge in [-0.1, -0.05) is 20.8 Å². The summed E-state index contributed by atoms with van der Waals surface area (Å²) in [5.74, 6) is 0.217. The molecule has 0 aliphatic carbocycles. The van der Waals surface area contributed by atoms with Gasteiger partial charge in [0.1, 0.15) is 22.9 Å². The van der Waals surface area contributed by atoms with Crippen molar-refractivity contribution in [3.05, 3.63) is 57.9 Å². The van der Waals surface area contributed by atoms with Gasteiger partial charge in [-0.05, 0) is 82.2 Å². The van der Waals surface area contributed by atoms with E-state index < -0.39 is 11.6 Å². The number of carbonyl (C=O) groups excluding carboxylic acids is 2. The topological polar surface area (TPSA) is 111 Å². The Morgan fingerprint density at radius 3 is 2.50 bits per heavy atom. The molecule has 9 nitrogen and oxygen atoms in total. The molecule has 0 bridgehead atoms. The molecule has 0 saturated carbocycles. The van der Waals surface area contributed by atoms with Crippen molar-refractivity contribution in [2.24, 2.45) is 0 Å². The van der Waals surface area contributed by atoms with Crippen LogP contribution >= 0.6 is 17.0 Å². The van der Waals surface area contributed by atoms with Gasteiger partial charge in [-0.3, -0.25) is 10.2 Å². The molecule has 0 radical (unpaired) electrons. The number of hydrogen-bond acceptors (Lipinski definition) is 8. The predicted molar refractivity (Wildman–Crippen MR) is 166 cm³/mol. The number of amidine groups is 1. The number of halogens is 1. The molecule has 1 aromatic carbocycles. The first kappa shape index (κ1) is 33.7. The zero-order chi connectivity index (χ0) is 29.9. The van der Waals surface area contributed by atoms with E-state index in [0.29, 0.717) is 30.2 Å². The average molecular weight is 647 g/mol. The number of Topliss-reactive ketones (excluding diaryl/α,β-unsaturated/α-hetero) is 1. The lowest BCUT2D eigenvalue weighted by atomic mass is 9.85. The molecule has 2 aliphatic rings. The SMILES string of the molecule is Br.Cc1nc2c(cc1COC1CCCCO1)CN(CC(=O)c1ccc(OCC(=O)OC(C)(C)C)c(C(C)(C)C)c1)C2=N. The smallest absolute Gasteiger partial charge is 0.344 e. The number of carbonyl (C=O) groups is 2. The van der Waals surface area contributed by atoms with Crippen molar-refractivity contribution in [2.75, 3.05) is 19.8 Å². The molecule has 10 heteroatoms. The Balaban J connectivity index is 0.00000484. The molecule has 42 heavy (non-hydrogen) atoms. The number of aryl methyl sites for hydroxylation is 1. The van der Waals surface area contributed by atoms with Gasteiger partial charge in [0.05, 0.1) is 13.2 Å². The lowest BCUT2D eigenvalue weighted by Crippen LogP contribution is -2.30. The van der Waals surface area contributed by atoms with E-state index in [4.69, 9.17) is 29.3 Å². The summed E-state index contributed by atoms with van der Waals surface area (Å²) in [7, 11) is 0. The van der Waals surface area contributed by atoms with E-state index in [1.54, 1.807) is 17.0 Å². The van der Waals surface area contributed by atoms with Crippen molar-refractivity contribution in [3.8, 4) is 5.75 Å². The van der Waals surface area contributed by atoms with Crippen LogP contribution in [0.25, 0.3) is 0 Å². The van der Waals surface area contributed by atoms with Crippen LogP contribution in [0.2, 0.25) is 0 Å². The summed E-state index contributed by atoms with van der Waals surface area (Å²) >= 11 is 0. The van der Waals surface area contributed by atoms with Gasteiger partial charge in [0.2, 0.25) is 0 Å². The van der Waals surface area contributed by atoms with E-state index in [2.05, 4.69) is 0 Å². The Morgan fingerprint density at radius 1 is 1.12 bits per heavy atom. The summed E-state index contributed by atoms with van der Waals surface area (Å²) in [6.07, 6.45) is 2.88. The number of benzene rings is 1. The van der Waals surface area contributed by atoms with Gasteiger partial charge in [0.25, 0.3) is 0 Å². The molecule has 1 aromatic heterocycles. The molecule has 0 spiro atoms. The number of esters is 1. The Hall–Kier alpha value is -2.82. The van der Waals surface area contributed by atoms with Crippen LogP contribution in [0.15, 0.2) is 24.3 Å². The third-order valence-corrected chi connectivity index (χ3v) is 7.07. The van der Waals surface area contributed by atoms with Crippen LogP contribution in [0.3, 0.4) is 0 Å². The van der Waals surface area contributed by atoms with Crippen LogP contribution in [0, 0.1) is 12.3 Å². The van der Waals surface area contributed by atoms with Gasteiger partial charge < -0.3 is 23.8 Å². The number of rotatable bonds is 9. The standard InChI is InChI=1S/C32H43N3O6.BrH/c1-20-23(18-40-28-10-8-9-13-38-28)14-22-16-35(30(33)29(22)34-20)17-25(36)21-11-12-26(24(15-21)31(2,3)4)39-19-27(37)41-32(5,6)7;/h11-12,14-15,28,33H,8-10,13,16-19H2,1-7H3;1H. The molecule has 1 saturated heterocycles. The molecule has 0 amide bonds. The second-order valence-corrected chi connectivity index (χ2v) is 12.8. The van der Waals surface area contributed by atoms with Gasteiger partial charge in [0.15, 0.2) is 18.7 Å². The van der Waals surface area contributed by atoms with Crippen LogP contribution in [-0.4, -0.2) is 59.1 Å². The Kier molecular flexibility index (Phi) is 10.9. The summed E-state index contributed by atoms with van der Waals surface area (Å²) < 4.78 is 22.8. The molecule has 1 atom stereocenters. The molecule has 230 valence electrons. The van der Waals surface area contributed by atoms with Crippen molar-refractivity contribution in [3.63, 3.8) is 0 Å². The van der Waals surface area contributed by atoms with E-state index in [1.165, 1.54) is 0 Å². The largest absolute Gasteiger partial charge is 0.482 e. The second-order valence-electron chi connectivity index (χ2n) is 12.8. The summed E-state index contributed by atoms with van der Waals surface area (Å²) in [6.45, 7) is 14.8. The van der Waals surface area contributed by atoms with E-state index in [1.807, 2.05) is 60.6 Å². The number of pyridine rings is 1. The third-order valence-electron chi connectivity index (χ3n) is 7.07. The quantitative estimate of drug-likeness (QED) is 0.259. The van der Waals surface area contributed by atoms with Gasteiger partial charge in [-0.2, -0.15) is 0 Å². The monoisotopic (exact) mass is 645 g/mol. The Bertz CT molecular complexity index is 1310. The van der Waals surface area contributed by atoms with E-state index in [-0.39, 0.29) is 53.5 Å². The number of ether oxygens (including phenoxy) is 4. The molecule has 4 rings (SSSR count). The maximum Gasteiger partial charge on any atom is 0.344 e. The minimum absolute atomic E-state index is 0. The molecule has 1 fully saturated rings. The highest BCUT2D eigenvalue weighted by Gasteiger charge is 2.30. The van der Waals surface area contributed by atoms with E-state index >= 15 is 0 Å². The first-order chi connectivity index (χ1) is 19.2. The number of nitrogens with one attached hydrogen (secondary N) is 1. The number of nitrogens with zero attached hydrogens (tertiary/aromatic N) is 2. The minimum atomic E-state index is -0.597. The Morgan fingerprint density at radius 2 is 1.86 bits per heavy atom. The zero-order valence-corrected chi connectivity index (χ0v) is 27.5. The fourth-order valence-corrected chi connectivity index (χ4v) is 4.95. The van der Waals surface area contributed by atoms with Crippen LogP contribution in [0.1, 0.15) is 99.2 Å². The summed E-state index contributed by atoms with van der Waals surface area (Å²) in [5, 5.41) is 8.70. The number of ketones is 1. The van der Waals surface area contributed by atoms with E-state index in [9.17, 15) is 9.59 Å². The van der Waals surface area contributed by atoms with Gasteiger partial charge in [-0.25, -0.2) is 9.78 Å². The van der Waals surface area contributed by atoms with Gasteiger partial charge >= 0.3 is 5.97 Å². The first-order valence-electron chi connectivity index (χ1n) is 14.3. The minimum Gasteiger partial charge on any atom is -0.482 e. The van der Waals surface area contributed by atoms with Gasteiger partial charge in [-0.15, -0.1) is 17.0 Å². The van der Waals surface area contributed by atoms with Crippen molar-refractivity contribution in [1.29, 1.82) is 5.41 Å². The summed E-state index contributed by atoms with van der Waals surface area (Å²) in [6, 6.07) is 7.30. The van der Waals surface area contributed by atoms with Crippen molar-refractivity contribution >= 4 is 34.6 Å². The number of hydrogen-bond donors (Lipinski definition) is 1. The Labute approximate surface area is 259 Å². The van der Waals surface area contributed by atoms with Crippen LogP contribution in [0.5, 0.6) is 5.75 Å². The van der Waals surface area contributed by atoms with Crippen LogP contribution < -0.4 is 4.74 Å². The molecule has 3 heterocycles. The van der Waals surface area contributed by atoms with Crippen molar-refractivity contribution < 1.29 is 28.5 Å². The summed E-state index contributed by atoms with van der Waals surface area (Å²) in [5.41, 5.74) is 3.71. The lowest BCUT2D eigenvalue weighted by Gasteiger charge is -2.25. The fourth-order valence-electron chi connectivity index (χ4n) is 4.95. The molecule has 1 N–H and O–H groups in total. The molecular weight excluding hydrogens is 602 g/mol. The number of aromatic nitrogens is 1. The zero-order valence-electron chi connectivity index (χ0n) is 25.8. The molecule has 1 unspecified atom stereocenters. The lowest BCUT2D eigenvalue weighted by molar-refractivity contribution is -0.169. The normalized spacial score (nSPS) is 17.0. The first-order valence-corrected chi connectivity index (χ1v) is 14.3. The average Bonchev–Trinajstić information content (AvgIpc) is 3.18. The fraction of sp³-hybridized carbons (Fsp3) is 0.562. The molecule has 2 aromatic rings. The van der Waals surface area contributed by atoms with Crippen LogP contribution in [0.4, 0.5) is 0 Å². The molecule has 2 aliphatic heterocycles. The highest BCUT2D eigenvalue weighted by Crippen LogP contribution is 2.33. The predicted octanol–water partition coefficient (Wildman–Crippen LogP) is 6.05. The highest BCUT2D eigenvalue weighted by atomic mass is 79.9.